The van der Waals surface area contributed by atoms with Crippen LogP contribution >= 0.6 is 11.6 Å². The third kappa shape index (κ3) is 3.54. The van der Waals surface area contributed by atoms with E-state index in [2.05, 4.69) is 10.2 Å². The van der Waals surface area contributed by atoms with E-state index in [1.165, 1.54) is 0 Å². The van der Waals surface area contributed by atoms with Crippen molar-refractivity contribution in [3.63, 3.8) is 0 Å². The Bertz CT molecular complexity index is 348. The summed E-state index contributed by atoms with van der Waals surface area (Å²) in [7, 11) is 0. The van der Waals surface area contributed by atoms with Crippen LogP contribution in [0.5, 0.6) is 0 Å². The zero-order valence-electron chi connectivity index (χ0n) is 10.3. The van der Waals surface area contributed by atoms with Crippen molar-refractivity contribution in [3.8, 4) is 0 Å². The molecule has 0 amide bonds. The van der Waals surface area contributed by atoms with Crippen molar-refractivity contribution in [1.29, 1.82) is 0 Å². The van der Waals surface area contributed by atoms with Gasteiger partial charge in [-0.05, 0) is 31.4 Å². The lowest BCUT2D eigenvalue weighted by Gasteiger charge is -2.34. The van der Waals surface area contributed by atoms with Gasteiger partial charge in [0.1, 0.15) is 0 Å². The van der Waals surface area contributed by atoms with Crippen LogP contribution in [0.3, 0.4) is 0 Å². The van der Waals surface area contributed by atoms with E-state index in [0.29, 0.717) is 17.9 Å². The molecule has 1 saturated carbocycles. The number of nitrogens with two attached hydrogens (primary N) is 2. The molecular weight excluding hydrogens is 252 g/mol. The highest BCUT2D eigenvalue weighted by Crippen LogP contribution is 2.22. The predicted molar refractivity (Wildman–Crippen MR) is 72.5 cm³/mol. The maximum Gasteiger partial charge on any atom is 0.0993 e. The average Bonchev–Trinajstić information content (AvgIpc) is 2.72. The van der Waals surface area contributed by atoms with Crippen molar-refractivity contribution in [2.24, 2.45) is 11.5 Å². The average molecular weight is 273 g/mol. The molecule has 0 aromatic heterocycles. The van der Waals surface area contributed by atoms with Gasteiger partial charge in [0.2, 0.25) is 0 Å². The van der Waals surface area contributed by atoms with E-state index in [-0.39, 0.29) is 11.3 Å². The van der Waals surface area contributed by atoms with Crippen LogP contribution in [0.4, 0.5) is 0 Å². The Balaban J connectivity index is 1.77. The van der Waals surface area contributed by atoms with Gasteiger partial charge in [-0.2, -0.15) is 0 Å². The van der Waals surface area contributed by atoms with E-state index in [0.717, 1.165) is 32.4 Å². The van der Waals surface area contributed by atoms with Crippen molar-refractivity contribution >= 4 is 11.6 Å². The smallest absolute Gasteiger partial charge is 0.0993 e. The number of nitrogens with zero attached hydrogens (tertiary/aromatic N) is 1. The molecule has 2 aliphatic rings. The van der Waals surface area contributed by atoms with Crippen LogP contribution in [0.25, 0.3) is 0 Å². The Morgan fingerprint density at radius 2 is 2.00 bits per heavy atom. The summed E-state index contributed by atoms with van der Waals surface area (Å²) in [4.78, 5) is 2.11. The number of allylic oxidation sites excluding steroid dienone is 2. The zero-order chi connectivity index (χ0) is 13.1. The maximum atomic E-state index is 9.24. The topological polar surface area (TPSA) is 87.5 Å². The van der Waals surface area contributed by atoms with Crippen LogP contribution in [-0.4, -0.2) is 41.3 Å². The molecule has 1 saturated heterocycles. The van der Waals surface area contributed by atoms with Gasteiger partial charge in [-0.25, -0.2) is 0 Å². The number of aliphatic hydroxyl groups is 1. The molecule has 18 heavy (non-hydrogen) atoms. The lowest BCUT2D eigenvalue weighted by atomic mass is 9.89. The first-order valence-corrected chi connectivity index (χ1v) is 6.70. The second kappa shape index (κ2) is 5.82. The minimum absolute atomic E-state index is 0.109. The first-order valence-electron chi connectivity index (χ1n) is 6.32. The molecule has 0 radical (unpaired) electrons. The summed E-state index contributed by atoms with van der Waals surface area (Å²) in [5.41, 5.74) is 11.3. The molecule has 0 spiro atoms. The Morgan fingerprint density at radius 3 is 2.61 bits per heavy atom. The highest BCUT2D eigenvalue weighted by molar-refractivity contribution is 6.29. The number of nitrogens with one attached hydrogen (secondary N) is 1. The van der Waals surface area contributed by atoms with Gasteiger partial charge in [-0.3, -0.25) is 0 Å². The molecule has 1 atom stereocenters. The molecule has 2 rings (SSSR count). The molecular formula is C12H21ClN4O. The number of halogens is 1. The summed E-state index contributed by atoms with van der Waals surface area (Å²) in [5.74, 6) is 0.691. The lowest BCUT2D eigenvalue weighted by Crippen LogP contribution is -2.49. The molecule has 0 aromatic carbocycles. The van der Waals surface area contributed by atoms with Crippen molar-refractivity contribution in [3.05, 3.63) is 23.1 Å². The first-order chi connectivity index (χ1) is 8.54. The van der Waals surface area contributed by atoms with Crippen LogP contribution in [-0.2, 0) is 0 Å². The highest BCUT2D eigenvalue weighted by atomic mass is 35.5. The summed E-state index contributed by atoms with van der Waals surface area (Å²) in [6.07, 6.45) is 6.03. The number of hydrogen-bond donors (Lipinski definition) is 4. The van der Waals surface area contributed by atoms with E-state index in [4.69, 9.17) is 23.1 Å². The van der Waals surface area contributed by atoms with Gasteiger partial charge in [0.05, 0.1) is 17.1 Å². The van der Waals surface area contributed by atoms with E-state index in [1.54, 1.807) is 12.2 Å². The molecule has 2 fully saturated rings. The van der Waals surface area contributed by atoms with E-state index < -0.39 is 0 Å². The molecule has 1 aliphatic heterocycles. The Kier molecular flexibility index (Phi) is 4.37. The second-order valence-electron chi connectivity index (χ2n) is 5.06. The molecule has 6 heteroatoms. The molecule has 0 aromatic rings. The van der Waals surface area contributed by atoms with Gasteiger partial charge in [0, 0.05) is 25.2 Å². The monoisotopic (exact) mass is 272 g/mol. The van der Waals surface area contributed by atoms with Crippen LogP contribution < -0.4 is 16.8 Å². The fourth-order valence-corrected chi connectivity index (χ4v) is 2.52. The Morgan fingerprint density at radius 1 is 1.28 bits per heavy atom. The fourth-order valence-electron chi connectivity index (χ4n) is 2.46. The third-order valence-corrected chi connectivity index (χ3v) is 3.68. The highest BCUT2D eigenvalue weighted by Gasteiger charge is 2.31. The Labute approximate surface area is 112 Å². The van der Waals surface area contributed by atoms with Gasteiger partial charge >= 0.3 is 0 Å². The molecule has 1 unspecified atom stereocenters. The normalized spacial score (nSPS) is 33.7. The number of rotatable bonds is 4. The zero-order valence-corrected chi connectivity index (χ0v) is 11.1. The van der Waals surface area contributed by atoms with Gasteiger partial charge in [0.15, 0.2) is 0 Å². The minimum atomic E-state index is -0.109. The largest absolute Gasteiger partial charge is 0.393 e. The molecule has 6 N–H and O–H groups in total. The molecule has 1 heterocycles. The lowest BCUT2D eigenvalue weighted by molar-refractivity contribution is 0.0582. The van der Waals surface area contributed by atoms with Crippen molar-refractivity contribution in [1.82, 2.24) is 10.2 Å². The van der Waals surface area contributed by atoms with Crippen LogP contribution in [0.1, 0.15) is 19.3 Å². The fraction of sp³-hybridized carbons (Fsp3) is 0.667. The van der Waals surface area contributed by atoms with Gasteiger partial charge < -0.3 is 26.8 Å². The molecule has 0 bridgehead atoms. The third-order valence-electron chi connectivity index (χ3n) is 3.55. The van der Waals surface area contributed by atoms with E-state index >= 15 is 0 Å². The SMILES string of the molecule is N/C(Cl)=C\C=C(/N)N1CCC(NC2CC(O)C2)C1. The minimum Gasteiger partial charge on any atom is -0.393 e. The molecule has 5 nitrogen and oxygen atoms in total. The summed E-state index contributed by atoms with van der Waals surface area (Å²) >= 11 is 5.55. The number of aliphatic hydroxyl groups excluding tert-OH is 1. The quantitative estimate of drug-likeness (QED) is 0.428. The predicted octanol–water partition coefficient (Wildman–Crippen LogP) is 0.0126. The summed E-state index contributed by atoms with van der Waals surface area (Å²) in [5, 5.41) is 13.0. The first kappa shape index (κ1) is 13.5. The number of hydrogen-bond acceptors (Lipinski definition) is 5. The standard InChI is InChI=1S/C12H21ClN4O/c13-11(14)1-2-12(15)17-4-3-8(7-17)16-9-5-10(18)6-9/h1-2,8-10,16,18H,3-7,14-15H2/b11-1-,12-2+. The maximum absolute atomic E-state index is 9.24. The van der Waals surface area contributed by atoms with Crippen LogP contribution in [0, 0.1) is 0 Å². The molecule has 102 valence electrons. The van der Waals surface area contributed by atoms with E-state index in [1.807, 2.05) is 0 Å². The van der Waals surface area contributed by atoms with Gasteiger partial charge in [-0.15, -0.1) is 0 Å². The van der Waals surface area contributed by atoms with Crippen LogP contribution in [0.2, 0.25) is 0 Å². The van der Waals surface area contributed by atoms with Crippen LogP contribution in [0.15, 0.2) is 23.1 Å². The van der Waals surface area contributed by atoms with Crippen molar-refractivity contribution < 1.29 is 5.11 Å². The van der Waals surface area contributed by atoms with Gasteiger partial charge in [-0.1, -0.05) is 11.6 Å². The second-order valence-corrected chi connectivity index (χ2v) is 5.50. The van der Waals surface area contributed by atoms with E-state index in [9.17, 15) is 5.11 Å². The summed E-state index contributed by atoms with van der Waals surface area (Å²) < 4.78 is 0. The summed E-state index contributed by atoms with van der Waals surface area (Å²) in [6, 6.07) is 0.917. The Hall–Kier alpha value is -0.910. The number of likely N-dealkylation sites (tertiary alicyclic amines) is 1. The summed E-state index contributed by atoms with van der Waals surface area (Å²) in [6.45, 7) is 1.83. The van der Waals surface area contributed by atoms with Gasteiger partial charge in [0.25, 0.3) is 0 Å². The van der Waals surface area contributed by atoms with Crippen molar-refractivity contribution in [2.75, 3.05) is 13.1 Å². The van der Waals surface area contributed by atoms with Crippen molar-refractivity contribution in [2.45, 2.75) is 37.5 Å². The molecule has 1 aliphatic carbocycles.